The van der Waals surface area contributed by atoms with E-state index in [0.29, 0.717) is 31.8 Å². The Kier molecular flexibility index (Phi) is 5.90. The van der Waals surface area contributed by atoms with Crippen molar-refractivity contribution >= 4 is 21.9 Å². The van der Waals surface area contributed by atoms with Crippen molar-refractivity contribution in [2.75, 3.05) is 19.6 Å². The van der Waals surface area contributed by atoms with E-state index >= 15 is 0 Å². The molecule has 0 saturated carbocycles. The van der Waals surface area contributed by atoms with Crippen LogP contribution in [0.15, 0.2) is 21.6 Å². The Labute approximate surface area is 159 Å². The Balaban J connectivity index is 1.77. The van der Waals surface area contributed by atoms with Crippen molar-refractivity contribution in [1.82, 2.24) is 9.21 Å². The number of amides is 1. The lowest BCUT2D eigenvalue weighted by atomic mass is 9.98. The predicted molar refractivity (Wildman–Crippen MR) is 96.8 cm³/mol. The smallest absolute Gasteiger partial charge is 0.371 e. The van der Waals surface area contributed by atoms with Gasteiger partial charge in [-0.1, -0.05) is 13.3 Å². The second-order valence-corrected chi connectivity index (χ2v) is 9.05. The zero-order valence-electron chi connectivity index (χ0n) is 15.5. The van der Waals surface area contributed by atoms with Gasteiger partial charge in [-0.05, 0) is 50.2 Å². The maximum atomic E-state index is 13.0. The summed E-state index contributed by atoms with van der Waals surface area (Å²) in [7, 11) is -4.05. The number of carbonyl (C=O) groups is 2. The Bertz CT molecular complexity index is 803. The first-order chi connectivity index (χ1) is 12.8. The van der Waals surface area contributed by atoms with Crippen molar-refractivity contribution in [3.8, 4) is 0 Å². The molecule has 0 spiro atoms. The fourth-order valence-electron chi connectivity index (χ4n) is 3.97. The lowest BCUT2D eigenvalue weighted by Gasteiger charge is -2.28. The Morgan fingerprint density at radius 2 is 1.89 bits per heavy atom. The van der Waals surface area contributed by atoms with Crippen LogP contribution in [-0.4, -0.2) is 60.3 Å². The average molecular weight is 398 g/mol. The summed E-state index contributed by atoms with van der Waals surface area (Å²) in [6.45, 7) is 3.70. The predicted octanol–water partition coefficient (Wildman–Crippen LogP) is 2.17. The van der Waals surface area contributed by atoms with Gasteiger partial charge in [0.05, 0.1) is 0 Å². The van der Waals surface area contributed by atoms with E-state index in [0.717, 1.165) is 37.8 Å². The fourth-order valence-corrected chi connectivity index (χ4v) is 5.53. The van der Waals surface area contributed by atoms with Crippen LogP contribution in [0.1, 0.15) is 56.0 Å². The average Bonchev–Trinajstić information content (AvgIpc) is 3.27. The molecule has 27 heavy (non-hydrogen) atoms. The van der Waals surface area contributed by atoms with Crippen LogP contribution in [0.5, 0.6) is 0 Å². The third-order valence-corrected chi connectivity index (χ3v) is 7.36. The highest BCUT2D eigenvalue weighted by molar-refractivity contribution is 7.89. The van der Waals surface area contributed by atoms with Gasteiger partial charge in [0.1, 0.15) is 6.04 Å². The molecule has 1 aromatic rings. The standard InChI is InChI=1S/C18H26N2O6S/c1-2-13-5-3-10-19(12-9-13)17(21)14-6-4-11-20(14)27(24,25)16-8-7-15(26-16)18(22)23/h7-8,13-14H,2-6,9-12H2,1H3,(H,22,23). The molecule has 0 bridgehead atoms. The van der Waals surface area contributed by atoms with Crippen LogP contribution in [0.25, 0.3) is 0 Å². The number of rotatable bonds is 5. The largest absolute Gasteiger partial charge is 0.475 e. The van der Waals surface area contributed by atoms with Crippen LogP contribution in [0.3, 0.4) is 0 Å². The van der Waals surface area contributed by atoms with Crippen molar-refractivity contribution in [3.63, 3.8) is 0 Å². The summed E-state index contributed by atoms with van der Waals surface area (Å²) in [5, 5.41) is 8.52. The molecular formula is C18H26N2O6S. The summed E-state index contributed by atoms with van der Waals surface area (Å²) in [6.07, 6.45) is 5.13. The van der Waals surface area contributed by atoms with Gasteiger partial charge in [-0.25, -0.2) is 13.2 Å². The van der Waals surface area contributed by atoms with E-state index in [1.165, 1.54) is 4.31 Å². The normalized spacial score (nSPS) is 24.7. The topological polar surface area (TPSA) is 108 Å². The minimum absolute atomic E-state index is 0.155. The number of carboxylic acid groups (broad SMARTS) is 1. The van der Waals surface area contributed by atoms with Crippen LogP contribution in [0.2, 0.25) is 0 Å². The first-order valence-electron chi connectivity index (χ1n) is 9.48. The van der Waals surface area contributed by atoms with Gasteiger partial charge in [0.25, 0.3) is 10.0 Å². The molecule has 9 heteroatoms. The van der Waals surface area contributed by atoms with Crippen LogP contribution < -0.4 is 0 Å². The highest BCUT2D eigenvalue weighted by Gasteiger charge is 2.42. The van der Waals surface area contributed by atoms with Gasteiger partial charge in [-0.3, -0.25) is 4.79 Å². The summed E-state index contributed by atoms with van der Waals surface area (Å²) in [4.78, 5) is 25.8. The van der Waals surface area contributed by atoms with Gasteiger partial charge in [-0.2, -0.15) is 4.31 Å². The molecule has 2 aliphatic rings. The minimum Gasteiger partial charge on any atom is -0.475 e. The van der Waals surface area contributed by atoms with E-state index < -0.39 is 32.9 Å². The molecule has 2 aliphatic heterocycles. The van der Waals surface area contributed by atoms with E-state index in [2.05, 4.69) is 6.92 Å². The molecule has 0 aromatic carbocycles. The van der Waals surface area contributed by atoms with Gasteiger partial charge in [0.15, 0.2) is 0 Å². The second kappa shape index (κ2) is 8.02. The highest BCUT2D eigenvalue weighted by atomic mass is 32.2. The summed E-state index contributed by atoms with van der Waals surface area (Å²) >= 11 is 0. The number of hydrogen-bond acceptors (Lipinski definition) is 5. The van der Waals surface area contributed by atoms with Gasteiger partial charge < -0.3 is 14.4 Å². The number of hydrogen-bond donors (Lipinski definition) is 1. The van der Waals surface area contributed by atoms with Gasteiger partial charge >= 0.3 is 5.97 Å². The maximum absolute atomic E-state index is 13.0. The Hall–Kier alpha value is -1.87. The summed E-state index contributed by atoms with van der Waals surface area (Å²) < 4.78 is 32.0. The zero-order chi connectivity index (χ0) is 19.6. The number of likely N-dealkylation sites (tertiary alicyclic amines) is 1. The number of nitrogens with zero attached hydrogens (tertiary/aromatic N) is 2. The molecule has 3 heterocycles. The minimum atomic E-state index is -4.05. The van der Waals surface area contributed by atoms with Crippen molar-refractivity contribution < 1.29 is 27.5 Å². The third kappa shape index (κ3) is 4.03. The van der Waals surface area contributed by atoms with E-state index in [1.807, 2.05) is 0 Å². The number of aromatic carboxylic acids is 1. The van der Waals surface area contributed by atoms with E-state index in [-0.39, 0.29) is 12.5 Å². The first-order valence-corrected chi connectivity index (χ1v) is 10.9. The SMILES string of the molecule is CCC1CCCN(C(=O)C2CCCN2S(=O)(=O)c2ccc(C(=O)O)o2)CC1. The zero-order valence-corrected chi connectivity index (χ0v) is 16.3. The van der Waals surface area contributed by atoms with Crippen LogP contribution in [0, 0.1) is 5.92 Å². The van der Waals surface area contributed by atoms with Crippen molar-refractivity contribution in [1.29, 1.82) is 0 Å². The van der Waals surface area contributed by atoms with Gasteiger partial charge in [-0.15, -0.1) is 0 Å². The molecule has 2 fully saturated rings. The molecule has 2 saturated heterocycles. The Morgan fingerprint density at radius 3 is 2.56 bits per heavy atom. The lowest BCUT2D eigenvalue weighted by molar-refractivity contribution is -0.134. The number of carbonyl (C=O) groups excluding carboxylic acids is 1. The molecule has 0 aliphatic carbocycles. The number of furan rings is 1. The number of carboxylic acids is 1. The molecule has 2 atom stereocenters. The van der Waals surface area contributed by atoms with Crippen molar-refractivity contribution in [2.24, 2.45) is 5.92 Å². The molecule has 1 amide bonds. The molecule has 0 radical (unpaired) electrons. The van der Waals surface area contributed by atoms with Crippen molar-refractivity contribution in [3.05, 3.63) is 17.9 Å². The molecular weight excluding hydrogens is 372 g/mol. The lowest BCUT2D eigenvalue weighted by Crippen LogP contribution is -2.48. The van der Waals surface area contributed by atoms with E-state index in [1.54, 1.807) is 4.90 Å². The summed E-state index contributed by atoms with van der Waals surface area (Å²) in [5.41, 5.74) is 0. The summed E-state index contributed by atoms with van der Waals surface area (Å²) in [6, 6.07) is 1.50. The van der Waals surface area contributed by atoms with Crippen LogP contribution in [0.4, 0.5) is 0 Å². The first kappa shape index (κ1) is 19.9. The summed E-state index contributed by atoms with van der Waals surface area (Å²) in [5.74, 6) is -1.31. The molecule has 150 valence electrons. The Morgan fingerprint density at radius 1 is 1.15 bits per heavy atom. The van der Waals surface area contributed by atoms with Gasteiger partial charge in [0.2, 0.25) is 16.8 Å². The fraction of sp³-hybridized carbons (Fsp3) is 0.667. The quantitative estimate of drug-likeness (QED) is 0.814. The van der Waals surface area contributed by atoms with Crippen LogP contribution >= 0.6 is 0 Å². The van der Waals surface area contributed by atoms with Crippen molar-refractivity contribution in [2.45, 2.75) is 56.6 Å². The van der Waals surface area contributed by atoms with Crippen LogP contribution in [-0.2, 0) is 14.8 Å². The second-order valence-electron chi connectivity index (χ2n) is 7.23. The maximum Gasteiger partial charge on any atom is 0.371 e. The monoisotopic (exact) mass is 398 g/mol. The molecule has 1 aromatic heterocycles. The molecule has 1 N–H and O–H groups in total. The number of sulfonamides is 1. The highest BCUT2D eigenvalue weighted by Crippen LogP contribution is 2.29. The molecule has 8 nitrogen and oxygen atoms in total. The molecule has 3 rings (SSSR count). The third-order valence-electron chi connectivity index (χ3n) is 5.58. The molecule has 2 unspecified atom stereocenters. The van der Waals surface area contributed by atoms with E-state index in [4.69, 9.17) is 9.52 Å². The van der Waals surface area contributed by atoms with E-state index in [9.17, 15) is 18.0 Å². The van der Waals surface area contributed by atoms with Gasteiger partial charge in [0, 0.05) is 19.6 Å².